The van der Waals surface area contributed by atoms with Crippen molar-refractivity contribution in [1.29, 1.82) is 0 Å². The van der Waals surface area contributed by atoms with E-state index in [1.165, 1.54) is 12.1 Å². The van der Waals surface area contributed by atoms with Crippen molar-refractivity contribution in [3.05, 3.63) is 38.4 Å². The highest BCUT2D eigenvalue weighted by Crippen LogP contribution is 2.29. The third kappa shape index (κ3) is 3.14. The lowest BCUT2D eigenvalue weighted by atomic mass is 10.2. The van der Waals surface area contributed by atoms with Gasteiger partial charge in [0.25, 0.3) is 11.4 Å². The summed E-state index contributed by atoms with van der Waals surface area (Å²) in [5.74, 6) is 0. The molecule has 0 bridgehead atoms. The predicted octanol–water partition coefficient (Wildman–Crippen LogP) is 1.69. The van der Waals surface area contributed by atoms with Crippen molar-refractivity contribution in [3.63, 3.8) is 0 Å². The minimum atomic E-state index is -0.695. The molecule has 0 aliphatic heterocycles. The van der Waals surface area contributed by atoms with Crippen molar-refractivity contribution < 1.29 is 15.0 Å². The molecule has 0 heterocycles. The first kappa shape index (κ1) is 13.8. The van der Waals surface area contributed by atoms with Crippen molar-refractivity contribution in [2.24, 2.45) is 0 Å². The topological polar surface area (TPSA) is 119 Å². The van der Waals surface area contributed by atoms with Crippen LogP contribution in [0, 0.1) is 20.2 Å². The average Bonchev–Trinajstić information content (AvgIpc) is 2.35. The number of non-ortho nitro benzene ring substituents is 1. The number of rotatable bonds is 6. The Morgan fingerprint density at radius 2 is 2.00 bits per heavy atom. The smallest absolute Gasteiger partial charge is 0.299 e. The number of benzene rings is 1. The number of anilines is 1. The van der Waals surface area contributed by atoms with Crippen LogP contribution in [0.3, 0.4) is 0 Å². The van der Waals surface area contributed by atoms with Gasteiger partial charge in [0, 0.05) is 12.1 Å². The Morgan fingerprint density at radius 1 is 1.33 bits per heavy atom. The van der Waals surface area contributed by atoms with Crippen molar-refractivity contribution in [1.82, 2.24) is 0 Å². The molecule has 0 aliphatic rings. The van der Waals surface area contributed by atoms with E-state index < -0.39 is 9.85 Å². The van der Waals surface area contributed by atoms with E-state index in [0.29, 0.717) is 6.42 Å². The average molecular weight is 255 g/mol. The van der Waals surface area contributed by atoms with E-state index in [9.17, 15) is 20.2 Å². The van der Waals surface area contributed by atoms with Crippen molar-refractivity contribution in [3.8, 4) is 0 Å². The molecule has 98 valence electrons. The molecule has 0 saturated heterocycles. The summed E-state index contributed by atoms with van der Waals surface area (Å²) in [5, 5.41) is 33.2. The lowest BCUT2D eigenvalue weighted by molar-refractivity contribution is -0.393. The molecule has 0 radical (unpaired) electrons. The normalized spacial score (nSPS) is 11.9. The van der Waals surface area contributed by atoms with Crippen LogP contribution in [0.4, 0.5) is 17.1 Å². The molecule has 0 spiro atoms. The maximum Gasteiger partial charge on any atom is 0.299 e. The van der Waals surface area contributed by atoms with E-state index in [1.807, 2.05) is 6.92 Å². The molecule has 1 atom stereocenters. The van der Waals surface area contributed by atoms with Crippen LogP contribution in [-0.2, 0) is 0 Å². The van der Waals surface area contributed by atoms with Gasteiger partial charge in [-0.2, -0.15) is 0 Å². The SMILES string of the molecule is CC[C@@H](CO)Nc1ccc([N+](=O)[O-])cc1[N+](=O)[O-]. The zero-order valence-corrected chi connectivity index (χ0v) is 9.70. The van der Waals surface area contributed by atoms with Gasteiger partial charge in [-0.05, 0) is 12.5 Å². The lowest BCUT2D eigenvalue weighted by Crippen LogP contribution is -2.23. The number of nitrogens with one attached hydrogen (secondary N) is 1. The van der Waals surface area contributed by atoms with Crippen LogP contribution in [0.2, 0.25) is 0 Å². The number of nitro groups is 2. The first-order valence-electron chi connectivity index (χ1n) is 5.29. The number of aliphatic hydroxyl groups excluding tert-OH is 1. The summed E-state index contributed by atoms with van der Waals surface area (Å²) < 4.78 is 0. The highest BCUT2D eigenvalue weighted by atomic mass is 16.6. The monoisotopic (exact) mass is 255 g/mol. The van der Waals surface area contributed by atoms with Gasteiger partial charge in [-0.3, -0.25) is 20.2 Å². The largest absolute Gasteiger partial charge is 0.394 e. The Morgan fingerprint density at radius 3 is 2.44 bits per heavy atom. The maximum absolute atomic E-state index is 10.8. The van der Waals surface area contributed by atoms with Crippen molar-refractivity contribution in [2.75, 3.05) is 11.9 Å². The van der Waals surface area contributed by atoms with Gasteiger partial charge in [-0.25, -0.2) is 0 Å². The number of aliphatic hydroxyl groups is 1. The second-order valence-corrected chi connectivity index (χ2v) is 3.65. The fourth-order valence-electron chi connectivity index (χ4n) is 1.40. The molecule has 1 rings (SSSR count). The summed E-state index contributed by atoms with van der Waals surface area (Å²) in [6, 6.07) is 3.02. The fraction of sp³-hybridized carbons (Fsp3) is 0.400. The predicted molar refractivity (Wildman–Crippen MR) is 64.5 cm³/mol. The van der Waals surface area contributed by atoms with Gasteiger partial charge in [0.05, 0.1) is 22.5 Å². The van der Waals surface area contributed by atoms with E-state index in [0.717, 1.165) is 6.07 Å². The summed E-state index contributed by atoms with van der Waals surface area (Å²) in [5.41, 5.74) is -0.563. The number of nitro benzene ring substituents is 2. The van der Waals surface area contributed by atoms with Crippen LogP contribution in [0.1, 0.15) is 13.3 Å². The minimum absolute atomic E-state index is 0.159. The van der Waals surface area contributed by atoms with Gasteiger partial charge in [0.2, 0.25) is 0 Å². The molecule has 0 aromatic heterocycles. The Labute approximate surface area is 103 Å². The first-order valence-corrected chi connectivity index (χ1v) is 5.29. The molecule has 0 saturated carbocycles. The summed E-state index contributed by atoms with van der Waals surface area (Å²) in [4.78, 5) is 20.0. The van der Waals surface area contributed by atoms with E-state index in [2.05, 4.69) is 5.32 Å². The van der Waals surface area contributed by atoms with Crippen LogP contribution in [-0.4, -0.2) is 27.6 Å². The van der Waals surface area contributed by atoms with Crippen LogP contribution < -0.4 is 5.32 Å². The molecule has 18 heavy (non-hydrogen) atoms. The molecule has 8 heteroatoms. The lowest BCUT2D eigenvalue weighted by Gasteiger charge is -2.15. The number of nitrogens with zero attached hydrogens (tertiary/aromatic N) is 2. The van der Waals surface area contributed by atoms with Crippen LogP contribution >= 0.6 is 0 Å². The van der Waals surface area contributed by atoms with Gasteiger partial charge in [0.15, 0.2) is 0 Å². The molecule has 0 unspecified atom stereocenters. The minimum Gasteiger partial charge on any atom is -0.394 e. The van der Waals surface area contributed by atoms with Gasteiger partial charge in [-0.1, -0.05) is 6.92 Å². The Bertz CT molecular complexity index is 459. The number of hydrogen-bond donors (Lipinski definition) is 2. The fourth-order valence-corrected chi connectivity index (χ4v) is 1.40. The third-order valence-electron chi connectivity index (χ3n) is 2.46. The molecule has 0 fully saturated rings. The zero-order chi connectivity index (χ0) is 13.7. The second kappa shape index (κ2) is 5.92. The van der Waals surface area contributed by atoms with Crippen molar-refractivity contribution in [2.45, 2.75) is 19.4 Å². The summed E-state index contributed by atoms with van der Waals surface area (Å²) in [6.45, 7) is 1.63. The molecule has 0 amide bonds. The van der Waals surface area contributed by atoms with Gasteiger partial charge < -0.3 is 10.4 Å². The zero-order valence-electron chi connectivity index (χ0n) is 9.70. The molecular formula is C10H13N3O5. The highest BCUT2D eigenvalue weighted by Gasteiger charge is 2.20. The summed E-state index contributed by atoms with van der Waals surface area (Å²) in [7, 11) is 0. The third-order valence-corrected chi connectivity index (χ3v) is 2.46. The quantitative estimate of drug-likeness (QED) is 0.589. The van der Waals surface area contributed by atoms with Gasteiger partial charge in [0.1, 0.15) is 5.69 Å². The van der Waals surface area contributed by atoms with E-state index in [1.54, 1.807) is 0 Å². The first-order chi connectivity index (χ1) is 8.49. The van der Waals surface area contributed by atoms with Crippen LogP contribution in [0.25, 0.3) is 0 Å². The summed E-state index contributed by atoms with van der Waals surface area (Å²) >= 11 is 0. The Balaban J connectivity index is 3.11. The van der Waals surface area contributed by atoms with Gasteiger partial charge in [-0.15, -0.1) is 0 Å². The Hall–Kier alpha value is -2.22. The van der Waals surface area contributed by atoms with Gasteiger partial charge >= 0.3 is 0 Å². The standard InChI is InChI=1S/C10H13N3O5/c1-2-7(6-14)11-9-4-3-8(12(15)16)5-10(9)13(17)18/h3-5,7,11,14H,2,6H2,1H3/t7-/m0/s1. The van der Waals surface area contributed by atoms with Crippen LogP contribution in [0.5, 0.6) is 0 Å². The molecular weight excluding hydrogens is 242 g/mol. The van der Waals surface area contributed by atoms with Crippen molar-refractivity contribution >= 4 is 17.1 Å². The summed E-state index contributed by atoms with van der Waals surface area (Å²) in [6.07, 6.45) is 0.574. The van der Waals surface area contributed by atoms with E-state index in [4.69, 9.17) is 5.11 Å². The second-order valence-electron chi connectivity index (χ2n) is 3.65. The number of hydrogen-bond acceptors (Lipinski definition) is 6. The van der Waals surface area contributed by atoms with E-state index in [-0.39, 0.29) is 29.7 Å². The molecule has 2 N–H and O–H groups in total. The Kier molecular flexibility index (Phi) is 4.55. The molecule has 0 aliphatic carbocycles. The molecule has 1 aromatic rings. The van der Waals surface area contributed by atoms with Crippen LogP contribution in [0.15, 0.2) is 18.2 Å². The van der Waals surface area contributed by atoms with E-state index >= 15 is 0 Å². The molecule has 1 aromatic carbocycles. The maximum atomic E-state index is 10.8. The molecule has 8 nitrogen and oxygen atoms in total. The highest BCUT2D eigenvalue weighted by molar-refractivity contribution is 5.65.